The van der Waals surface area contributed by atoms with E-state index in [1.807, 2.05) is 12.1 Å². The number of rotatable bonds is 8. The maximum atomic E-state index is 12.2. The second-order valence-corrected chi connectivity index (χ2v) is 7.52. The van der Waals surface area contributed by atoms with Crippen molar-refractivity contribution in [3.05, 3.63) is 29.8 Å². The smallest absolute Gasteiger partial charge is 0.240 e. The minimum absolute atomic E-state index is 0.224. The van der Waals surface area contributed by atoms with E-state index in [2.05, 4.69) is 11.6 Å². The SMILES string of the molecule is CCCC1(CNS(=O)(=O)c2ccc(CCN)cc2)CC1. The van der Waals surface area contributed by atoms with Crippen LogP contribution in [0.15, 0.2) is 29.2 Å². The summed E-state index contributed by atoms with van der Waals surface area (Å²) in [4.78, 5) is 0.338. The van der Waals surface area contributed by atoms with Gasteiger partial charge in [-0.15, -0.1) is 0 Å². The van der Waals surface area contributed by atoms with Crippen molar-refractivity contribution in [2.45, 2.75) is 43.9 Å². The Kier molecular flexibility index (Phi) is 4.83. The first-order valence-electron chi connectivity index (χ1n) is 7.30. The van der Waals surface area contributed by atoms with E-state index < -0.39 is 10.0 Å². The number of benzene rings is 1. The number of sulfonamides is 1. The molecule has 1 aliphatic rings. The van der Waals surface area contributed by atoms with Gasteiger partial charge in [-0.3, -0.25) is 0 Å². The van der Waals surface area contributed by atoms with Gasteiger partial charge in [-0.2, -0.15) is 0 Å². The van der Waals surface area contributed by atoms with E-state index in [0.29, 0.717) is 18.0 Å². The fourth-order valence-corrected chi connectivity index (χ4v) is 3.71. The van der Waals surface area contributed by atoms with Crippen LogP contribution in [0.5, 0.6) is 0 Å². The van der Waals surface area contributed by atoms with Gasteiger partial charge in [-0.1, -0.05) is 25.5 Å². The molecule has 20 heavy (non-hydrogen) atoms. The summed E-state index contributed by atoms with van der Waals surface area (Å²) >= 11 is 0. The fraction of sp³-hybridized carbons (Fsp3) is 0.600. The van der Waals surface area contributed by atoms with Crippen LogP contribution in [0.3, 0.4) is 0 Å². The van der Waals surface area contributed by atoms with E-state index >= 15 is 0 Å². The summed E-state index contributed by atoms with van der Waals surface area (Å²) in [7, 11) is -3.38. The zero-order valence-electron chi connectivity index (χ0n) is 12.1. The van der Waals surface area contributed by atoms with E-state index in [0.717, 1.165) is 37.7 Å². The molecule has 2 rings (SSSR count). The summed E-state index contributed by atoms with van der Waals surface area (Å²) in [5, 5.41) is 0. The zero-order valence-corrected chi connectivity index (χ0v) is 12.9. The Morgan fingerprint density at radius 2 is 1.90 bits per heavy atom. The average Bonchev–Trinajstić information content (AvgIpc) is 3.19. The molecule has 1 fully saturated rings. The van der Waals surface area contributed by atoms with Gasteiger partial charge in [-0.05, 0) is 55.3 Å². The van der Waals surface area contributed by atoms with Crippen molar-refractivity contribution >= 4 is 10.0 Å². The molecule has 5 heteroatoms. The van der Waals surface area contributed by atoms with Crippen molar-refractivity contribution in [1.29, 1.82) is 0 Å². The van der Waals surface area contributed by atoms with Gasteiger partial charge in [0.1, 0.15) is 0 Å². The summed E-state index contributed by atoms with van der Waals surface area (Å²) in [5.74, 6) is 0. The first-order chi connectivity index (χ1) is 9.51. The molecule has 0 heterocycles. The lowest BCUT2D eigenvalue weighted by atomic mass is 10.0. The van der Waals surface area contributed by atoms with Crippen LogP contribution in [0.25, 0.3) is 0 Å². The Hall–Kier alpha value is -0.910. The highest BCUT2D eigenvalue weighted by atomic mass is 32.2. The summed E-state index contributed by atoms with van der Waals surface area (Å²) < 4.78 is 27.3. The molecule has 1 aliphatic carbocycles. The second kappa shape index (κ2) is 6.24. The van der Waals surface area contributed by atoms with Crippen molar-refractivity contribution in [3.8, 4) is 0 Å². The lowest BCUT2D eigenvalue weighted by Gasteiger charge is -2.15. The molecule has 0 bridgehead atoms. The molecule has 1 saturated carbocycles. The average molecular weight is 296 g/mol. The van der Waals surface area contributed by atoms with Gasteiger partial charge < -0.3 is 5.73 Å². The minimum Gasteiger partial charge on any atom is -0.330 e. The largest absolute Gasteiger partial charge is 0.330 e. The van der Waals surface area contributed by atoms with Gasteiger partial charge in [0.2, 0.25) is 10.0 Å². The Bertz CT molecular complexity index is 533. The Labute approximate surface area is 121 Å². The van der Waals surface area contributed by atoms with Crippen LogP contribution in [0.2, 0.25) is 0 Å². The van der Waals surface area contributed by atoms with Crippen molar-refractivity contribution < 1.29 is 8.42 Å². The van der Waals surface area contributed by atoms with E-state index in [1.165, 1.54) is 0 Å². The van der Waals surface area contributed by atoms with Gasteiger partial charge in [-0.25, -0.2) is 13.1 Å². The van der Waals surface area contributed by atoms with Crippen molar-refractivity contribution in [2.24, 2.45) is 11.1 Å². The normalized spacial score (nSPS) is 17.1. The molecule has 0 amide bonds. The zero-order chi connectivity index (χ0) is 14.6. The van der Waals surface area contributed by atoms with Crippen LogP contribution in [-0.2, 0) is 16.4 Å². The first-order valence-corrected chi connectivity index (χ1v) is 8.78. The number of nitrogens with one attached hydrogen (secondary N) is 1. The lowest BCUT2D eigenvalue weighted by Crippen LogP contribution is -2.30. The van der Waals surface area contributed by atoms with Crippen LogP contribution in [0.1, 0.15) is 38.2 Å². The molecule has 3 N–H and O–H groups in total. The predicted molar refractivity (Wildman–Crippen MR) is 81.0 cm³/mol. The van der Waals surface area contributed by atoms with Gasteiger partial charge in [0, 0.05) is 6.54 Å². The highest BCUT2D eigenvalue weighted by Crippen LogP contribution is 2.49. The highest BCUT2D eigenvalue weighted by molar-refractivity contribution is 7.89. The van der Waals surface area contributed by atoms with E-state index in [1.54, 1.807) is 12.1 Å². The van der Waals surface area contributed by atoms with Crippen LogP contribution in [0.4, 0.5) is 0 Å². The summed E-state index contributed by atoms with van der Waals surface area (Å²) in [6.07, 6.45) is 5.26. The van der Waals surface area contributed by atoms with Crippen LogP contribution >= 0.6 is 0 Å². The van der Waals surface area contributed by atoms with Crippen molar-refractivity contribution in [1.82, 2.24) is 4.72 Å². The Morgan fingerprint density at radius 3 is 2.40 bits per heavy atom. The second-order valence-electron chi connectivity index (χ2n) is 5.76. The molecule has 0 aliphatic heterocycles. The van der Waals surface area contributed by atoms with Crippen LogP contribution < -0.4 is 10.5 Å². The molecule has 112 valence electrons. The third-order valence-electron chi connectivity index (χ3n) is 4.04. The first kappa shape index (κ1) is 15.5. The Balaban J connectivity index is 1.99. The van der Waals surface area contributed by atoms with Gasteiger partial charge in [0.05, 0.1) is 4.90 Å². The minimum atomic E-state index is -3.38. The highest BCUT2D eigenvalue weighted by Gasteiger charge is 2.42. The maximum absolute atomic E-state index is 12.2. The van der Waals surface area contributed by atoms with Crippen LogP contribution in [-0.4, -0.2) is 21.5 Å². The molecular weight excluding hydrogens is 272 g/mol. The molecule has 1 aromatic rings. The fourth-order valence-electron chi connectivity index (χ4n) is 2.56. The van der Waals surface area contributed by atoms with Gasteiger partial charge in [0.25, 0.3) is 0 Å². The molecule has 0 spiro atoms. The van der Waals surface area contributed by atoms with E-state index in [-0.39, 0.29) is 5.41 Å². The van der Waals surface area contributed by atoms with Crippen molar-refractivity contribution in [2.75, 3.05) is 13.1 Å². The van der Waals surface area contributed by atoms with Crippen LogP contribution in [0, 0.1) is 5.41 Å². The number of hydrogen-bond acceptors (Lipinski definition) is 3. The third-order valence-corrected chi connectivity index (χ3v) is 5.46. The summed E-state index contributed by atoms with van der Waals surface area (Å²) in [6.45, 7) is 3.28. The quantitative estimate of drug-likeness (QED) is 0.771. The number of hydrogen-bond donors (Lipinski definition) is 2. The maximum Gasteiger partial charge on any atom is 0.240 e. The molecular formula is C15H24N2O2S. The molecule has 1 aromatic carbocycles. The molecule has 0 radical (unpaired) electrons. The summed E-state index contributed by atoms with van der Waals surface area (Å²) in [5.41, 5.74) is 6.77. The molecule has 0 aromatic heterocycles. The topological polar surface area (TPSA) is 72.2 Å². The standard InChI is InChI=1S/C15H24N2O2S/c1-2-8-15(9-10-15)12-17-20(18,19)14-5-3-13(4-6-14)7-11-16/h3-6,17H,2,7-12,16H2,1H3. The molecule has 0 saturated heterocycles. The molecule has 0 atom stereocenters. The Morgan fingerprint density at radius 1 is 1.25 bits per heavy atom. The predicted octanol–water partition coefficient (Wildman–Crippen LogP) is 2.05. The van der Waals surface area contributed by atoms with E-state index in [4.69, 9.17) is 5.73 Å². The monoisotopic (exact) mass is 296 g/mol. The van der Waals surface area contributed by atoms with Gasteiger partial charge >= 0.3 is 0 Å². The molecule has 4 nitrogen and oxygen atoms in total. The third kappa shape index (κ3) is 3.81. The molecule has 0 unspecified atom stereocenters. The summed E-state index contributed by atoms with van der Waals surface area (Å²) in [6, 6.07) is 6.99. The van der Waals surface area contributed by atoms with Gasteiger partial charge in [0.15, 0.2) is 0 Å². The number of nitrogens with two attached hydrogens (primary N) is 1. The van der Waals surface area contributed by atoms with E-state index in [9.17, 15) is 8.42 Å². The van der Waals surface area contributed by atoms with Crippen molar-refractivity contribution in [3.63, 3.8) is 0 Å². The lowest BCUT2D eigenvalue weighted by molar-refractivity contribution is 0.449.